The average Bonchev–Trinajstić information content (AvgIpc) is 2.29. The van der Waals surface area contributed by atoms with Crippen molar-refractivity contribution in [2.24, 2.45) is 5.92 Å². The van der Waals surface area contributed by atoms with Crippen molar-refractivity contribution >= 4 is 41.6 Å². The first-order chi connectivity index (χ1) is 8.08. The van der Waals surface area contributed by atoms with Crippen molar-refractivity contribution in [1.82, 2.24) is 5.32 Å². The van der Waals surface area contributed by atoms with Crippen LogP contribution in [0.2, 0.25) is 10.0 Å². The van der Waals surface area contributed by atoms with Crippen LogP contribution in [-0.2, 0) is 4.79 Å². The second-order valence-electron chi connectivity index (χ2n) is 4.23. The van der Waals surface area contributed by atoms with Crippen LogP contribution in [-0.4, -0.2) is 17.6 Å². The van der Waals surface area contributed by atoms with E-state index in [2.05, 4.69) is 5.32 Å². The van der Waals surface area contributed by atoms with Crippen molar-refractivity contribution in [1.29, 1.82) is 0 Å². The largest absolute Gasteiger partial charge is 0.481 e. The van der Waals surface area contributed by atoms with Gasteiger partial charge in [0.25, 0.3) is 0 Å². The summed E-state index contributed by atoms with van der Waals surface area (Å²) >= 11 is 12.0. The van der Waals surface area contributed by atoms with Crippen LogP contribution in [0.5, 0.6) is 0 Å². The molecule has 1 fully saturated rings. The Kier molecular flexibility index (Phi) is 5.73. The molecule has 2 rings (SSSR count). The maximum atomic E-state index is 11.0. The van der Waals surface area contributed by atoms with Gasteiger partial charge in [0.05, 0.1) is 5.92 Å². The predicted octanol–water partition coefficient (Wildman–Crippen LogP) is 3.54. The molecule has 2 atom stereocenters. The van der Waals surface area contributed by atoms with Crippen LogP contribution in [0.1, 0.15) is 24.4 Å². The number of nitrogens with one attached hydrogen (secondary N) is 1. The van der Waals surface area contributed by atoms with Crippen LogP contribution in [0, 0.1) is 5.92 Å². The normalized spacial score (nSPS) is 23.2. The lowest BCUT2D eigenvalue weighted by molar-refractivity contribution is -0.143. The highest BCUT2D eigenvalue weighted by molar-refractivity contribution is 6.35. The molecule has 1 aliphatic heterocycles. The second-order valence-corrected chi connectivity index (χ2v) is 5.08. The van der Waals surface area contributed by atoms with Gasteiger partial charge in [-0.3, -0.25) is 4.79 Å². The first-order valence-electron chi connectivity index (χ1n) is 5.49. The van der Waals surface area contributed by atoms with Gasteiger partial charge >= 0.3 is 5.97 Å². The third-order valence-corrected chi connectivity index (χ3v) is 3.65. The Balaban J connectivity index is 0.00000162. The summed E-state index contributed by atoms with van der Waals surface area (Å²) in [4.78, 5) is 11.0. The van der Waals surface area contributed by atoms with Crippen LogP contribution >= 0.6 is 35.6 Å². The molecular formula is C12H14Cl3NO2. The summed E-state index contributed by atoms with van der Waals surface area (Å²) in [5.41, 5.74) is 0.919. The molecule has 6 heteroatoms. The van der Waals surface area contributed by atoms with E-state index in [0.717, 1.165) is 5.56 Å². The first-order valence-corrected chi connectivity index (χ1v) is 6.24. The fourth-order valence-corrected chi connectivity index (χ4v) is 2.70. The Morgan fingerprint density at radius 3 is 2.72 bits per heavy atom. The number of carboxylic acid groups (broad SMARTS) is 1. The third-order valence-electron chi connectivity index (χ3n) is 3.09. The second kappa shape index (κ2) is 6.62. The molecule has 0 spiro atoms. The van der Waals surface area contributed by atoms with E-state index < -0.39 is 5.97 Å². The van der Waals surface area contributed by atoms with Gasteiger partial charge in [-0.15, -0.1) is 12.4 Å². The van der Waals surface area contributed by atoms with E-state index in [9.17, 15) is 4.79 Å². The molecule has 1 aromatic carbocycles. The van der Waals surface area contributed by atoms with Gasteiger partial charge in [0.1, 0.15) is 0 Å². The van der Waals surface area contributed by atoms with Gasteiger partial charge in [-0.25, -0.2) is 0 Å². The quantitative estimate of drug-likeness (QED) is 0.878. The number of hydrogen-bond donors (Lipinski definition) is 2. The van der Waals surface area contributed by atoms with Gasteiger partial charge in [0, 0.05) is 16.1 Å². The van der Waals surface area contributed by atoms with Gasteiger partial charge in [0.2, 0.25) is 0 Å². The lowest BCUT2D eigenvalue weighted by Crippen LogP contribution is -2.35. The number of aliphatic carboxylic acids is 1. The SMILES string of the molecule is Cl.O=C(O)C1CCNC(c2ccc(Cl)cc2Cl)C1. The molecule has 3 nitrogen and oxygen atoms in total. The minimum atomic E-state index is -0.735. The predicted molar refractivity (Wildman–Crippen MR) is 74.8 cm³/mol. The van der Waals surface area contributed by atoms with Gasteiger partial charge in [-0.2, -0.15) is 0 Å². The summed E-state index contributed by atoms with van der Waals surface area (Å²) in [7, 11) is 0. The van der Waals surface area contributed by atoms with Crippen LogP contribution in [0.25, 0.3) is 0 Å². The van der Waals surface area contributed by atoms with Gasteiger partial charge in [-0.05, 0) is 37.1 Å². The zero-order chi connectivity index (χ0) is 12.4. The topological polar surface area (TPSA) is 49.3 Å². The van der Waals surface area contributed by atoms with Crippen molar-refractivity contribution in [3.63, 3.8) is 0 Å². The number of piperidine rings is 1. The van der Waals surface area contributed by atoms with Crippen LogP contribution in [0.3, 0.4) is 0 Å². The summed E-state index contributed by atoms with van der Waals surface area (Å²) in [6.07, 6.45) is 1.23. The van der Waals surface area contributed by atoms with Crippen molar-refractivity contribution in [3.05, 3.63) is 33.8 Å². The molecule has 100 valence electrons. The molecule has 1 heterocycles. The lowest BCUT2D eigenvalue weighted by Gasteiger charge is -2.29. The molecule has 0 bridgehead atoms. The summed E-state index contributed by atoms with van der Waals surface area (Å²) in [5, 5.41) is 13.5. The van der Waals surface area contributed by atoms with Crippen molar-refractivity contribution < 1.29 is 9.90 Å². The van der Waals surface area contributed by atoms with E-state index in [4.69, 9.17) is 28.3 Å². The lowest BCUT2D eigenvalue weighted by atomic mass is 9.89. The smallest absolute Gasteiger partial charge is 0.306 e. The number of carbonyl (C=O) groups is 1. The van der Waals surface area contributed by atoms with Crippen molar-refractivity contribution in [3.8, 4) is 0 Å². The van der Waals surface area contributed by atoms with Crippen LogP contribution < -0.4 is 5.32 Å². The standard InChI is InChI=1S/C12H13Cl2NO2.ClH/c13-8-1-2-9(10(14)6-8)11-5-7(12(16)17)3-4-15-11;/h1-2,6-7,11,15H,3-5H2,(H,16,17);1H. The fraction of sp³-hybridized carbons (Fsp3) is 0.417. The number of hydrogen-bond acceptors (Lipinski definition) is 2. The molecule has 2 unspecified atom stereocenters. The zero-order valence-corrected chi connectivity index (χ0v) is 11.9. The average molecular weight is 311 g/mol. The van der Waals surface area contributed by atoms with Gasteiger partial charge < -0.3 is 10.4 Å². The fourth-order valence-electron chi connectivity index (χ4n) is 2.16. The van der Waals surface area contributed by atoms with Crippen molar-refractivity contribution in [2.75, 3.05) is 6.54 Å². The summed E-state index contributed by atoms with van der Waals surface area (Å²) in [6.45, 7) is 0.695. The van der Waals surface area contributed by atoms with E-state index in [1.165, 1.54) is 0 Å². The minimum absolute atomic E-state index is 0. The maximum absolute atomic E-state index is 11.0. The first kappa shape index (κ1) is 15.6. The Morgan fingerprint density at radius 1 is 1.39 bits per heavy atom. The van der Waals surface area contributed by atoms with Crippen LogP contribution in [0.4, 0.5) is 0 Å². The molecule has 0 amide bonds. The molecule has 0 aromatic heterocycles. The number of benzene rings is 1. The number of carboxylic acids is 1. The zero-order valence-electron chi connectivity index (χ0n) is 9.53. The molecule has 2 N–H and O–H groups in total. The Morgan fingerprint density at radius 2 is 2.11 bits per heavy atom. The Labute approximate surface area is 122 Å². The highest BCUT2D eigenvalue weighted by Gasteiger charge is 2.28. The van der Waals surface area contributed by atoms with Gasteiger partial charge in [0.15, 0.2) is 0 Å². The number of rotatable bonds is 2. The molecule has 1 aromatic rings. The van der Waals surface area contributed by atoms with E-state index in [1.54, 1.807) is 12.1 Å². The molecule has 0 aliphatic carbocycles. The monoisotopic (exact) mass is 309 g/mol. The molecule has 0 radical (unpaired) electrons. The molecular weight excluding hydrogens is 296 g/mol. The van der Waals surface area contributed by atoms with E-state index in [-0.39, 0.29) is 24.4 Å². The third kappa shape index (κ3) is 3.51. The summed E-state index contributed by atoms with van der Waals surface area (Å²) < 4.78 is 0. The molecule has 18 heavy (non-hydrogen) atoms. The van der Waals surface area contributed by atoms with E-state index in [0.29, 0.717) is 29.4 Å². The molecule has 1 saturated heterocycles. The number of halogens is 3. The van der Waals surface area contributed by atoms with E-state index in [1.807, 2.05) is 6.07 Å². The van der Waals surface area contributed by atoms with Crippen molar-refractivity contribution in [2.45, 2.75) is 18.9 Å². The van der Waals surface area contributed by atoms with Crippen LogP contribution in [0.15, 0.2) is 18.2 Å². The molecule has 0 saturated carbocycles. The Bertz CT molecular complexity index is 439. The van der Waals surface area contributed by atoms with E-state index >= 15 is 0 Å². The minimum Gasteiger partial charge on any atom is -0.481 e. The maximum Gasteiger partial charge on any atom is 0.306 e. The van der Waals surface area contributed by atoms with Gasteiger partial charge in [-0.1, -0.05) is 29.3 Å². The highest BCUT2D eigenvalue weighted by Crippen LogP contribution is 2.32. The molecule has 1 aliphatic rings. The Hall–Kier alpha value is -0.480. The summed E-state index contributed by atoms with van der Waals surface area (Å²) in [5.74, 6) is -1.03. The summed E-state index contributed by atoms with van der Waals surface area (Å²) in [6, 6.07) is 5.31. The highest BCUT2D eigenvalue weighted by atomic mass is 35.5.